The zero-order valence-corrected chi connectivity index (χ0v) is 14.8. The van der Waals surface area contributed by atoms with Gasteiger partial charge in [0.25, 0.3) is 0 Å². The molecule has 0 N–H and O–H groups in total. The number of rotatable bonds is 5. The van der Waals surface area contributed by atoms with Crippen molar-refractivity contribution in [2.75, 3.05) is 7.11 Å². The molecule has 2 aromatic carbocycles. The first-order chi connectivity index (χ1) is 12.1. The number of aryl methyl sites for hydroxylation is 1. The first kappa shape index (κ1) is 17.1. The van der Waals surface area contributed by atoms with E-state index >= 15 is 0 Å². The number of para-hydroxylation sites is 1. The summed E-state index contributed by atoms with van der Waals surface area (Å²) in [5.74, 6) is 0.343. The Hall–Kier alpha value is -2.72. The number of nitrogens with zero attached hydrogens (tertiary/aromatic N) is 1. The van der Waals surface area contributed by atoms with Crippen LogP contribution in [0.1, 0.15) is 11.3 Å². The van der Waals surface area contributed by atoms with Crippen molar-refractivity contribution in [3.8, 4) is 5.75 Å². The molecule has 0 aliphatic carbocycles. The summed E-state index contributed by atoms with van der Waals surface area (Å²) in [6, 6.07) is 15.3. The van der Waals surface area contributed by atoms with Gasteiger partial charge in [-0.2, -0.15) is 0 Å². The highest BCUT2D eigenvalue weighted by Gasteiger charge is 2.14. The summed E-state index contributed by atoms with van der Waals surface area (Å²) in [6.07, 6.45) is 3.20. The van der Waals surface area contributed by atoms with Gasteiger partial charge in [-0.05, 0) is 36.4 Å². The standard InChI is InChI=1S/C20H18ClNO3/c1-22-18-6-4-3-5-16(18)17(11-12-20(23)24-2)19(22)13-25-15-9-7-14(21)8-10-15/h3-12H,13H2,1-2H3. The lowest BCUT2D eigenvalue weighted by Gasteiger charge is -2.09. The van der Waals surface area contributed by atoms with Crippen molar-refractivity contribution in [1.29, 1.82) is 0 Å². The van der Waals surface area contributed by atoms with Gasteiger partial charge in [0.15, 0.2) is 0 Å². The molecular formula is C20H18ClNO3. The fraction of sp³-hybridized carbons (Fsp3) is 0.150. The summed E-state index contributed by atoms with van der Waals surface area (Å²) >= 11 is 5.90. The molecule has 0 radical (unpaired) electrons. The van der Waals surface area contributed by atoms with Crippen LogP contribution in [0.15, 0.2) is 54.6 Å². The Bertz CT molecular complexity index is 926. The summed E-state index contributed by atoms with van der Waals surface area (Å²) in [5.41, 5.74) is 2.98. The minimum absolute atomic E-state index is 0.369. The molecule has 5 heteroatoms. The molecular weight excluding hydrogens is 338 g/mol. The van der Waals surface area contributed by atoms with E-state index in [2.05, 4.69) is 4.57 Å². The number of halogens is 1. The van der Waals surface area contributed by atoms with Crippen molar-refractivity contribution in [2.45, 2.75) is 6.61 Å². The van der Waals surface area contributed by atoms with Crippen LogP contribution in [-0.2, 0) is 23.2 Å². The third-order valence-electron chi connectivity index (χ3n) is 4.05. The van der Waals surface area contributed by atoms with Crippen molar-refractivity contribution in [3.05, 3.63) is 70.9 Å². The van der Waals surface area contributed by atoms with Crippen LogP contribution in [0.4, 0.5) is 0 Å². The average molecular weight is 356 g/mol. The van der Waals surface area contributed by atoms with Crippen LogP contribution in [0.3, 0.4) is 0 Å². The number of methoxy groups -OCH3 is 1. The van der Waals surface area contributed by atoms with Crippen LogP contribution in [0.5, 0.6) is 5.75 Å². The van der Waals surface area contributed by atoms with Crippen LogP contribution >= 0.6 is 11.6 Å². The minimum Gasteiger partial charge on any atom is -0.487 e. The van der Waals surface area contributed by atoms with Crippen LogP contribution < -0.4 is 4.74 Å². The molecule has 1 heterocycles. The average Bonchev–Trinajstić information content (AvgIpc) is 2.91. The number of ether oxygens (including phenoxy) is 2. The summed E-state index contributed by atoms with van der Waals surface area (Å²) in [6.45, 7) is 0.369. The van der Waals surface area contributed by atoms with Crippen LogP contribution in [-0.4, -0.2) is 17.6 Å². The van der Waals surface area contributed by atoms with Gasteiger partial charge in [0.05, 0.1) is 12.8 Å². The third-order valence-corrected chi connectivity index (χ3v) is 4.30. The molecule has 0 saturated carbocycles. The fourth-order valence-corrected chi connectivity index (χ4v) is 2.86. The highest BCUT2D eigenvalue weighted by molar-refractivity contribution is 6.30. The molecule has 0 spiro atoms. The van der Waals surface area contributed by atoms with Gasteiger partial charge < -0.3 is 14.0 Å². The van der Waals surface area contributed by atoms with Crippen LogP contribution in [0, 0.1) is 0 Å². The van der Waals surface area contributed by atoms with E-state index in [0.717, 1.165) is 27.9 Å². The number of esters is 1. The number of carbonyl (C=O) groups excluding carboxylic acids is 1. The third kappa shape index (κ3) is 3.69. The van der Waals surface area contributed by atoms with Gasteiger partial charge in [-0.25, -0.2) is 4.79 Å². The number of hydrogen-bond donors (Lipinski definition) is 0. The summed E-state index contributed by atoms with van der Waals surface area (Å²) in [4.78, 5) is 11.5. The molecule has 3 rings (SSSR count). The second-order valence-electron chi connectivity index (χ2n) is 5.54. The highest BCUT2D eigenvalue weighted by atomic mass is 35.5. The maximum Gasteiger partial charge on any atom is 0.330 e. The number of fused-ring (bicyclic) bond motifs is 1. The number of hydrogen-bond acceptors (Lipinski definition) is 3. The minimum atomic E-state index is -0.391. The number of carbonyl (C=O) groups is 1. The van der Waals surface area contributed by atoms with Gasteiger partial charge in [-0.1, -0.05) is 29.8 Å². The van der Waals surface area contributed by atoms with Gasteiger partial charge in [-0.15, -0.1) is 0 Å². The van der Waals surface area contributed by atoms with Gasteiger partial charge in [0.2, 0.25) is 0 Å². The molecule has 128 valence electrons. The van der Waals surface area contributed by atoms with Crippen molar-refractivity contribution in [1.82, 2.24) is 4.57 Å². The molecule has 4 nitrogen and oxygen atoms in total. The molecule has 3 aromatic rings. The summed E-state index contributed by atoms with van der Waals surface area (Å²) in [7, 11) is 3.35. The zero-order chi connectivity index (χ0) is 17.8. The lowest BCUT2D eigenvalue weighted by molar-refractivity contribution is -0.134. The molecule has 25 heavy (non-hydrogen) atoms. The molecule has 0 bridgehead atoms. The van der Waals surface area contributed by atoms with Gasteiger partial charge >= 0.3 is 5.97 Å². The van der Waals surface area contributed by atoms with Gasteiger partial charge in [0, 0.05) is 34.6 Å². The first-order valence-corrected chi connectivity index (χ1v) is 8.18. The molecule has 0 fully saturated rings. The fourth-order valence-electron chi connectivity index (χ4n) is 2.74. The molecule has 1 aromatic heterocycles. The Kier molecular flexibility index (Phi) is 5.10. The van der Waals surface area contributed by atoms with E-state index in [1.807, 2.05) is 43.4 Å². The van der Waals surface area contributed by atoms with Gasteiger partial charge in [0.1, 0.15) is 12.4 Å². The van der Waals surface area contributed by atoms with E-state index in [4.69, 9.17) is 21.1 Å². The first-order valence-electron chi connectivity index (χ1n) is 7.81. The zero-order valence-electron chi connectivity index (χ0n) is 14.0. The highest BCUT2D eigenvalue weighted by Crippen LogP contribution is 2.28. The SMILES string of the molecule is COC(=O)C=Cc1c(COc2ccc(Cl)cc2)n(C)c2ccccc12. The van der Waals surface area contributed by atoms with E-state index in [1.165, 1.54) is 13.2 Å². The summed E-state index contributed by atoms with van der Waals surface area (Å²) in [5, 5.41) is 1.72. The monoisotopic (exact) mass is 355 g/mol. The Labute approximate surface area is 151 Å². The quantitative estimate of drug-likeness (QED) is 0.496. The maximum absolute atomic E-state index is 11.5. The van der Waals surface area contributed by atoms with E-state index in [-0.39, 0.29) is 0 Å². The molecule has 0 aliphatic heterocycles. The predicted molar refractivity (Wildman–Crippen MR) is 99.8 cm³/mol. The van der Waals surface area contributed by atoms with E-state index in [9.17, 15) is 4.79 Å². The van der Waals surface area contributed by atoms with Crippen LogP contribution in [0.25, 0.3) is 17.0 Å². The lowest BCUT2D eigenvalue weighted by Crippen LogP contribution is -2.03. The Morgan fingerprint density at radius 2 is 1.88 bits per heavy atom. The molecule has 0 unspecified atom stereocenters. The maximum atomic E-state index is 11.5. The predicted octanol–water partition coefficient (Wildman–Crippen LogP) is 4.60. The van der Waals surface area contributed by atoms with Crippen molar-refractivity contribution in [3.63, 3.8) is 0 Å². The largest absolute Gasteiger partial charge is 0.487 e. The van der Waals surface area contributed by atoms with E-state index in [0.29, 0.717) is 11.6 Å². The molecule has 0 amide bonds. The molecule has 0 aliphatic rings. The van der Waals surface area contributed by atoms with Crippen LogP contribution in [0.2, 0.25) is 5.02 Å². The smallest absolute Gasteiger partial charge is 0.330 e. The molecule has 0 atom stereocenters. The topological polar surface area (TPSA) is 40.5 Å². The normalized spacial score (nSPS) is 11.2. The lowest BCUT2D eigenvalue weighted by atomic mass is 10.1. The van der Waals surface area contributed by atoms with E-state index < -0.39 is 5.97 Å². The second kappa shape index (κ2) is 7.45. The number of benzene rings is 2. The summed E-state index contributed by atoms with van der Waals surface area (Å²) < 4.78 is 12.7. The van der Waals surface area contributed by atoms with E-state index in [1.54, 1.807) is 18.2 Å². The Morgan fingerprint density at radius 3 is 2.60 bits per heavy atom. The Balaban J connectivity index is 1.97. The second-order valence-corrected chi connectivity index (χ2v) is 5.97. The van der Waals surface area contributed by atoms with Crippen molar-refractivity contribution < 1.29 is 14.3 Å². The number of aromatic nitrogens is 1. The Morgan fingerprint density at radius 1 is 1.16 bits per heavy atom. The van der Waals surface area contributed by atoms with Gasteiger partial charge in [-0.3, -0.25) is 0 Å². The molecule has 0 saturated heterocycles. The van der Waals surface area contributed by atoms with Crippen molar-refractivity contribution >= 4 is 34.5 Å². The van der Waals surface area contributed by atoms with Crippen molar-refractivity contribution in [2.24, 2.45) is 7.05 Å².